The van der Waals surface area contributed by atoms with E-state index in [4.69, 9.17) is 4.74 Å². The number of rotatable bonds is 5. The fourth-order valence-corrected chi connectivity index (χ4v) is 1.88. The molecular weight excluding hydrogens is 247 g/mol. The molecule has 2 atom stereocenters. The Morgan fingerprint density at radius 1 is 1.37 bits per heavy atom. The van der Waals surface area contributed by atoms with Crippen molar-refractivity contribution in [1.29, 1.82) is 0 Å². The second-order valence-corrected chi connectivity index (χ2v) is 4.74. The molecule has 19 heavy (non-hydrogen) atoms. The van der Waals surface area contributed by atoms with Gasteiger partial charge in [0.2, 0.25) is 5.91 Å². The summed E-state index contributed by atoms with van der Waals surface area (Å²) < 4.78 is 18.3. The standard InChI is InChI=1S/C14H21FN2O2/c1-9(16-10(2)14(18)17(3)4)11-6-7-12(15)13(8-11)19-5/h6-10,16H,1-5H3. The topological polar surface area (TPSA) is 41.6 Å². The van der Waals surface area contributed by atoms with E-state index >= 15 is 0 Å². The van der Waals surface area contributed by atoms with Crippen LogP contribution in [0.3, 0.4) is 0 Å². The first kappa shape index (κ1) is 15.4. The maximum atomic E-state index is 13.3. The van der Waals surface area contributed by atoms with E-state index in [9.17, 15) is 9.18 Å². The summed E-state index contributed by atoms with van der Waals surface area (Å²) in [4.78, 5) is 13.3. The molecule has 1 aromatic carbocycles. The van der Waals surface area contributed by atoms with Gasteiger partial charge in [-0.05, 0) is 31.5 Å². The Morgan fingerprint density at radius 2 is 2.00 bits per heavy atom. The summed E-state index contributed by atoms with van der Waals surface area (Å²) in [5, 5.41) is 3.18. The lowest BCUT2D eigenvalue weighted by Crippen LogP contribution is -2.42. The molecule has 106 valence electrons. The first-order chi connectivity index (χ1) is 8.86. The van der Waals surface area contributed by atoms with Gasteiger partial charge in [-0.25, -0.2) is 4.39 Å². The monoisotopic (exact) mass is 268 g/mol. The Morgan fingerprint density at radius 3 is 2.53 bits per heavy atom. The molecule has 4 nitrogen and oxygen atoms in total. The first-order valence-corrected chi connectivity index (χ1v) is 6.17. The Labute approximate surface area is 113 Å². The van der Waals surface area contributed by atoms with E-state index in [0.29, 0.717) is 0 Å². The molecule has 1 N–H and O–H groups in total. The zero-order valence-electron chi connectivity index (χ0n) is 12.0. The van der Waals surface area contributed by atoms with Crippen molar-refractivity contribution in [3.8, 4) is 5.75 Å². The van der Waals surface area contributed by atoms with E-state index in [1.165, 1.54) is 18.1 Å². The molecule has 5 heteroatoms. The smallest absolute Gasteiger partial charge is 0.238 e. The summed E-state index contributed by atoms with van der Waals surface area (Å²) in [6, 6.07) is 4.31. The second-order valence-electron chi connectivity index (χ2n) is 4.74. The number of nitrogens with one attached hydrogen (secondary N) is 1. The van der Waals surface area contributed by atoms with Crippen LogP contribution in [-0.2, 0) is 4.79 Å². The SMILES string of the molecule is COc1cc(C(C)NC(C)C(=O)N(C)C)ccc1F. The van der Waals surface area contributed by atoms with E-state index in [1.807, 2.05) is 6.92 Å². The maximum Gasteiger partial charge on any atom is 0.238 e. The molecule has 0 aromatic heterocycles. The quantitative estimate of drug-likeness (QED) is 0.887. The van der Waals surface area contributed by atoms with Gasteiger partial charge in [0.15, 0.2) is 11.6 Å². The average molecular weight is 268 g/mol. The summed E-state index contributed by atoms with van der Waals surface area (Å²) in [5.74, 6) is -0.186. The van der Waals surface area contributed by atoms with Crippen LogP contribution in [0.1, 0.15) is 25.5 Å². The minimum Gasteiger partial charge on any atom is -0.494 e. The van der Waals surface area contributed by atoms with Crippen LogP contribution in [-0.4, -0.2) is 38.1 Å². The van der Waals surface area contributed by atoms with Gasteiger partial charge >= 0.3 is 0 Å². The van der Waals surface area contributed by atoms with E-state index in [0.717, 1.165) is 5.56 Å². The van der Waals surface area contributed by atoms with Crippen LogP contribution in [0, 0.1) is 5.82 Å². The van der Waals surface area contributed by atoms with Gasteiger partial charge in [0.05, 0.1) is 13.2 Å². The highest BCUT2D eigenvalue weighted by Crippen LogP contribution is 2.22. The molecule has 0 aliphatic rings. The molecule has 1 rings (SSSR count). The lowest BCUT2D eigenvalue weighted by molar-refractivity contribution is -0.130. The van der Waals surface area contributed by atoms with Crippen LogP contribution in [0.5, 0.6) is 5.75 Å². The molecule has 0 saturated heterocycles. The zero-order valence-corrected chi connectivity index (χ0v) is 12.0. The van der Waals surface area contributed by atoms with Gasteiger partial charge < -0.3 is 9.64 Å². The molecule has 0 heterocycles. The fraction of sp³-hybridized carbons (Fsp3) is 0.500. The van der Waals surface area contributed by atoms with Crippen LogP contribution >= 0.6 is 0 Å². The molecule has 0 aliphatic carbocycles. The number of hydrogen-bond acceptors (Lipinski definition) is 3. The van der Waals surface area contributed by atoms with Gasteiger partial charge in [0, 0.05) is 20.1 Å². The van der Waals surface area contributed by atoms with Crippen molar-refractivity contribution in [1.82, 2.24) is 10.2 Å². The third-order valence-electron chi connectivity index (χ3n) is 2.99. The zero-order chi connectivity index (χ0) is 14.6. The molecule has 0 saturated carbocycles. The minimum atomic E-state index is -0.393. The number of likely N-dealkylation sites (N-methyl/N-ethyl adjacent to an activating group) is 1. The summed E-state index contributed by atoms with van der Waals surface area (Å²) in [6.45, 7) is 3.73. The van der Waals surface area contributed by atoms with Crippen molar-refractivity contribution in [2.45, 2.75) is 25.9 Å². The Balaban J connectivity index is 2.78. The first-order valence-electron chi connectivity index (χ1n) is 6.17. The van der Waals surface area contributed by atoms with Crippen LogP contribution in [0.25, 0.3) is 0 Å². The average Bonchev–Trinajstić information content (AvgIpc) is 2.37. The third-order valence-corrected chi connectivity index (χ3v) is 2.99. The maximum absolute atomic E-state index is 13.3. The summed E-state index contributed by atoms with van der Waals surface area (Å²) in [7, 11) is 4.86. The largest absolute Gasteiger partial charge is 0.494 e. The van der Waals surface area contributed by atoms with Crippen LogP contribution in [0.2, 0.25) is 0 Å². The number of carbonyl (C=O) groups excluding carboxylic acids is 1. The number of hydrogen-bond donors (Lipinski definition) is 1. The highest BCUT2D eigenvalue weighted by Gasteiger charge is 2.18. The van der Waals surface area contributed by atoms with Crippen molar-refractivity contribution in [2.24, 2.45) is 0 Å². The van der Waals surface area contributed by atoms with Gasteiger partial charge in [-0.2, -0.15) is 0 Å². The molecule has 1 amide bonds. The van der Waals surface area contributed by atoms with E-state index < -0.39 is 5.82 Å². The molecule has 0 spiro atoms. The number of ether oxygens (including phenoxy) is 1. The lowest BCUT2D eigenvalue weighted by Gasteiger charge is -2.22. The predicted molar refractivity (Wildman–Crippen MR) is 72.7 cm³/mol. The molecule has 0 bridgehead atoms. The van der Waals surface area contributed by atoms with E-state index in [-0.39, 0.29) is 23.7 Å². The van der Waals surface area contributed by atoms with Crippen molar-refractivity contribution in [3.63, 3.8) is 0 Å². The Bertz CT molecular complexity index is 449. The van der Waals surface area contributed by atoms with Crippen molar-refractivity contribution >= 4 is 5.91 Å². The third kappa shape index (κ3) is 3.92. The molecule has 1 aromatic rings. The molecule has 0 aliphatic heterocycles. The van der Waals surface area contributed by atoms with Gasteiger partial charge in [0.1, 0.15) is 0 Å². The number of halogens is 1. The van der Waals surface area contributed by atoms with Gasteiger partial charge in [-0.3, -0.25) is 10.1 Å². The van der Waals surface area contributed by atoms with E-state index in [2.05, 4.69) is 5.32 Å². The van der Waals surface area contributed by atoms with Crippen molar-refractivity contribution in [3.05, 3.63) is 29.6 Å². The van der Waals surface area contributed by atoms with Gasteiger partial charge in [0.25, 0.3) is 0 Å². The molecular formula is C14H21FN2O2. The molecule has 0 fully saturated rings. The fourth-order valence-electron chi connectivity index (χ4n) is 1.88. The van der Waals surface area contributed by atoms with Gasteiger partial charge in [-0.15, -0.1) is 0 Å². The normalized spacial score (nSPS) is 13.8. The van der Waals surface area contributed by atoms with Crippen molar-refractivity contribution < 1.29 is 13.9 Å². The number of methoxy groups -OCH3 is 1. The molecule has 2 unspecified atom stereocenters. The Kier molecular flexibility index (Phi) is 5.30. The van der Waals surface area contributed by atoms with Gasteiger partial charge in [-0.1, -0.05) is 6.07 Å². The number of carbonyl (C=O) groups is 1. The highest BCUT2D eigenvalue weighted by molar-refractivity contribution is 5.80. The van der Waals surface area contributed by atoms with Crippen LogP contribution in [0.15, 0.2) is 18.2 Å². The lowest BCUT2D eigenvalue weighted by atomic mass is 10.1. The second kappa shape index (κ2) is 6.52. The van der Waals surface area contributed by atoms with Crippen LogP contribution in [0.4, 0.5) is 4.39 Å². The Hall–Kier alpha value is -1.62. The molecule has 0 radical (unpaired) electrons. The highest BCUT2D eigenvalue weighted by atomic mass is 19.1. The summed E-state index contributed by atoms with van der Waals surface area (Å²) in [5.41, 5.74) is 0.872. The number of amides is 1. The van der Waals surface area contributed by atoms with E-state index in [1.54, 1.807) is 33.2 Å². The number of benzene rings is 1. The minimum absolute atomic E-state index is 0.000858. The number of nitrogens with zero attached hydrogens (tertiary/aromatic N) is 1. The summed E-state index contributed by atoms with van der Waals surface area (Å²) >= 11 is 0. The van der Waals surface area contributed by atoms with Crippen molar-refractivity contribution in [2.75, 3.05) is 21.2 Å². The van der Waals surface area contributed by atoms with Crippen LogP contribution < -0.4 is 10.1 Å². The predicted octanol–water partition coefficient (Wildman–Crippen LogP) is 1.96. The summed E-state index contributed by atoms with van der Waals surface area (Å²) in [6.07, 6.45) is 0.